The number of fused-ring (bicyclic) bond motifs is 1. The summed E-state index contributed by atoms with van der Waals surface area (Å²) in [5.74, 6) is 1.40. The van der Waals surface area contributed by atoms with Crippen LogP contribution in [-0.4, -0.2) is 21.0 Å². The topological polar surface area (TPSA) is 81.1 Å². The summed E-state index contributed by atoms with van der Waals surface area (Å²) in [6, 6.07) is 21.5. The van der Waals surface area contributed by atoms with Gasteiger partial charge >= 0.3 is 0 Å². The first-order valence-corrected chi connectivity index (χ1v) is 13.4. The molecule has 0 saturated carbocycles. The standard InChI is InChI=1S/C21H17ClIN6P/c22-19-6-3-7-20(27-19)29-18-5-2-1-4-17(18)21(28-29)26-16-10-8-14(9-11-16)15(12-24)13-25-30-23/h1-13,30H,24H2,(H,26,28)/b15-12+,25-13+. The monoisotopic (exact) mass is 546 g/mol. The Morgan fingerprint density at radius 2 is 1.90 bits per heavy atom. The molecule has 6 nitrogen and oxygen atoms in total. The van der Waals surface area contributed by atoms with Crippen molar-refractivity contribution < 1.29 is 0 Å². The van der Waals surface area contributed by atoms with Gasteiger partial charge in [-0.15, -0.1) is 5.10 Å². The molecular weight excluding hydrogens is 530 g/mol. The third-order valence-corrected chi connectivity index (χ3v) is 5.69. The number of hydrogen-bond acceptors (Lipinski definition) is 5. The zero-order valence-corrected chi connectivity index (χ0v) is 19.5. The van der Waals surface area contributed by atoms with Gasteiger partial charge in [0, 0.05) is 29.1 Å². The number of hydrogen-bond donors (Lipinski definition) is 2. The van der Waals surface area contributed by atoms with Gasteiger partial charge in [-0.2, -0.15) is 0 Å². The Bertz CT molecular complexity index is 1240. The number of nitrogens with two attached hydrogens (primary N) is 1. The Labute approximate surface area is 193 Å². The highest BCUT2D eigenvalue weighted by Gasteiger charge is 2.13. The van der Waals surface area contributed by atoms with Crippen LogP contribution in [0.3, 0.4) is 0 Å². The third-order valence-electron chi connectivity index (χ3n) is 4.42. The molecule has 0 saturated heterocycles. The molecule has 0 aliphatic rings. The first kappa shape index (κ1) is 20.8. The second-order valence-electron chi connectivity index (χ2n) is 6.26. The quantitative estimate of drug-likeness (QED) is 0.132. The van der Waals surface area contributed by atoms with E-state index in [1.807, 2.05) is 60.7 Å². The van der Waals surface area contributed by atoms with E-state index in [0.29, 0.717) is 17.3 Å². The molecule has 2 heterocycles. The average Bonchev–Trinajstić information content (AvgIpc) is 3.14. The number of nitrogens with one attached hydrogen (secondary N) is 1. The zero-order chi connectivity index (χ0) is 20.9. The molecule has 0 fully saturated rings. The summed E-state index contributed by atoms with van der Waals surface area (Å²) in [5.41, 5.74) is 9.48. The van der Waals surface area contributed by atoms with Gasteiger partial charge in [0.05, 0.1) is 11.9 Å². The van der Waals surface area contributed by atoms with E-state index in [0.717, 1.165) is 33.5 Å². The van der Waals surface area contributed by atoms with Gasteiger partial charge < -0.3 is 11.1 Å². The molecule has 0 aliphatic carbocycles. The van der Waals surface area contributed by atoms with Crippen LogP contribution in [0.15, 0.2) is 77.7 Å². The number of nitrogens with zero attached hydrogens (tertiary/aromatic N) is 4. The lowest BCUT2D eigenvalue weighted by Gasteiger charge is -2.06. The van der Waals surface area contributed by atoms with E-state index in [2.05, 4.69) is 37.1 Å². The maximum Gasteiger partial charge on any atom is 0.160 e. The summed E-state index contributed by atoms with van der Waals surface area (Å²) in [7, 11) is 0. The number of benzene rings is 2. The summed E-state index contributed by atoms with van der Waals surface area (Å²) >= 11 is 8.30. The maximum absolute atomic E-state index is 6.08. The van der Waals surface area contributed by atoms with Gasteiger partial charge in [0.1, 0.15) is 5.15 Å². The van der Waals surface area contributed by atoms with E-state index in [4.69, 9.17) is 22.4 Å². The third kappa shape index (κ3) is 4.48. The van der Waals surface area contributed by atoms with Crippen LogP contribution >= 0.6 is 40.0 Å². The first-order chi connectivity index (χ1) is 14.7. The fourth-order valence-electron chi connectivity index (χ4n) is 3.04. The minimum Gasteiger partial charge on any atom is -0.404 e. The molecule has 4 aromatic rings. The van der Waals surface area contributed by atoms with Gasteiger partial charge in [0.2, 0.25) is 0 Å². The largest absolute Gasteiger partial charge is 0.404 e. The van der Waals surface area contributed by atoms with Gasteiger partial charge in [0.25, 0.3) is 0 Å². The van der Waals surface area contributed by atoms with Crippen LogP contribution < -0.4 is 11.1 Å². The highest BCUT2D eigenvalue weighted by Crippen LogP contribution is 2.29. The minimum atomic E-state index is 0.424. The van der Waals surface area contributed by atoms with E-state index in [1.54, 1.807) is 23.2 Å². The molecule has 30 heavy (non-hydrogen) atoms. The molecule has 0 aliphatic heterocycles. The average molecular weight is 547 g/mol. The molecule has 0 radical (unpaired) electrons. The van der Waals surface area contributed by atoms with E-state index < -0.39 is 0 Å². The second-order valence-corrected chi connectivity index (χ2v) is 8.52. The smallest absolute Gasteiger partial charge is 0.160 e. The van der Waals surface area contributed by atoms with E-state index in [9.17, 15) is 0 Å². The van der Waals surface area contributed by atoms with E-state index >= 15 is 0 Å². The number of anilines is 2. The van der Waals surface area contributed by atoms with E-state index in [-0.39, 0.29) is 0 Å². The molecule has 2 aromatic heterocycles. The Kier molecular flexibility index (Phi) is 6.62. The molecule has 4 rings (SSSR count). The van der Waals surface area contributed by atoms with E-state index in [1.165, 1.54) is 0 Å². The second kappa shape index (κ2) is 9.55. The number of halogens is 2. The molecule has 0 amide bonds. The van der Waals surface area contributed by atoms with Crippen molar-refractivity contribution in [2.45, 2.75) is 0 Å². The van der Waals surface area contributed by atoms with Crippen LogP contribution in [0.4, 0.5) is 11.5 Å². The summed E-state index contributed by atoms with van der Waals surface area (Å²) in [4.78, 5) is 4.39. The highest BCUT2D eigenvalue weighted by atomic mass is 127. The molecule has 1 atom stereocenters. The lowest BCUT2D eigenvalue weighted by Crippen LogP contribution is -2.00. The van der Waals surface area contributed by atoms with Crippen molar-refractivity contribution in [2.75, 3.05) is 5.32 Å². The minimum absolute atomic E-state index is 0.424. The van der Waals surface area contributed by atoms with Crippen LogP contribution in [0.2, 0.25) is 5.15 Å². The zero-order valence-electron chi connectivity index (χ0n) is 15.6. The Balaban J connectivity index is 1.67. The number of rotatable bonds is 6. The van der Waals surface area contributed by atoms with Crippen LogP contribution in [0.1, 0.15) is 5.56 Å². The van der Waals surface area contributed by atoms with Gasteiger partial charge in [-0.3, -0.25) is 4.76 Å². The Morgan fingerprint density at radius 1 is 1.10 bits per heavy atom. The highest BCUT2D eigenvalue weighted by molar-refractivity contribution is 14.2. The first-order valence-electron chi connectivity index (χ1n) is 8.98. The fraction of sp³-hybridized carbons (Fsp3) is 0. The summed E-state index contributed by atoms with van der Waals surface area (Å²) < 4.78 is 6.07. The summed E-state index contributed by atoms with van der Waals surface area (Å²) in [5, 5.41) is 9.56. The normalized spacial score (nSPS) is 12.4. The van der Waals surface area contributed by atoms with Crippen LogP contribution in [0.5, 0.6) is 0 Å². The van der Waals surface area contributed by atoms with Gasteiger partial charge in [-0.1, -0.05) is 41.9 Å². The van der Waals surface area contributed by atoms with Crippen molar-refractivity contribution in [3.05, 3.63) is 83.6 Å². The number of allylic oxidation sites excluding steroid dienone is 1. The molecule has 2 aromatic carbocycles. The van der Waals surface area contributed by atoms with Crippen LogP contribution in [0.25, 0.3) is 22.3 Å². The number of aromatic nitrogens is 3. The van der Waals surface area contributed by atoms with Crippen LogP contribution in [-0.2, 0) is 0 Å². The lowest BCUT2D eigenvalue weighted by atomic mass is 10.1. The van der Waals surface area contributed by atoms with Crippen molar-refractivity contribution in [2.24, 2.45) is 10.5 Å². The SMILES string of the molecule is N/C=C(\C=N\PI)c1ccc(Nc2nn(-c3cccc(Cl)n3)c3ccccc23)cc1. The predicted octanol–water partition coefficient (Wildman–Crippen LogP) is 6.13. The summed E-state index contributed by atoms with van der Waals surface area (Å²) in [6.07, 6.45) is 3.82. The van der Waals surface area contributed by atoms with Crippen molar-refractivity contribution in [3.8, 4) is 5.82 Å². The fourth-order valence-corrected chi connectivity index (χ4v) is 3.80. The number of pyridine rings is 1. The van der Waals surface area contributed by atoms with Crippen molar-refractivity contribution in [1.82, 2.24) is 14.8 Å². The lowest BCUT2D eigenvalue weighted by molar-refractivity contribution is 0.878. The number of para-hydroxylation sites is 1. The molecule has 9 heteroatoms. The molecular formula is C21H17ClIN6P. The molecule has 1 unspecified atom stereocenters. The Hall–Kier alpha value is -2.48. The Morgan fingerprint density at radius 3 is 2.63 bits per heavy atom. The van der Waals surface area contributed by atoms with Gasteiger partial charge in [0.15, 0.2) is 11.6 Å². The maximum atomic E-state index is 6.08. The van der Waals surface area contributed by atoms with Crippen molar-refractivity contribution in [1.29, 1.82) is 0 Å². The predicted molar refractivity (Wildman–Crippen MR) is 137 cm³/mol. The molecule has 3 N–H and O–H groups in total. The molecule has 0 spiro atoms. The van der Waals surface area contributed by atoms with Crippen LogP contribution in [0, 0.1) is 0 Å². The van der Waals surface area contributed by atoms with Gasteiger partial charge in [-0.25, -0.2) is 9.67 Å². The molecule has 0 bridgehead atoms. The molecule has 150 valence electrons. The summed E-state index contributed by atoms with van der Waals surface area (Å²) in [6.45, 7) is 0. The van der Waals surface area contributed by atoms with Crippen molar-refractivity contribution >= 4 is 74.2 Å². The van der Waals surface area contributed by atoms with Crippen molar-refractivity contribution in [3.63, 3.8) is 0 Å². The van der Waals surface area contributed by atoms with Gasteiger partial charge in [-0.05, 0) is 64.0 Å².